The minimum atomic E-state index is -1.12. The van der Waals surface area contributed by atoms with Crippen molar-refractivity contribution < 1.29 is 38.4 Å². The highest BCUT2D eigenvalue weighted by Crippen LogP contribution is 2.58. The zero-order chi connectivity index (χ0) is 22.8. The minimum absolute atomic E-state index is 0.0749. The van der Waals surface area contributed by atoms with Gasteiger partial charge in [0, 0.05) is 34.9 Å². The van der Waals surface area contributed by atoms with Crippen molar-refractivity contribution in [3.8, 4) is 17.2 Å². The van der Waals surface area contributed by atoms with Gasteiger partial charge in [-0.05, 0) is 31.9 Å². The fourth-order valence-electron chi connectivity index (χ4n) is 5.17. The average molecular weight is 440 g/mol. The number of benzene rings is 2. The van der Waals surface area contributed by atoms with Crippen LogP contribution in [0.25, 0.3) is 10.8 Å². The van der Waals surface area contributed by atoms with Crippen molar-refractivity contribution in [1.82, 2.24) is 0 Å². The van der Waals surface area contributed by atoms with Gasteiger partial charge in [-0.15, -0.1) is 0 Å². The van der Waals surface area contributed by atoms with E-state index in [9.17, 15) is 14.7 Å². The smallest absolute Gasteiger partial charge is 0.343 e. The Morgan fingerprint density at radius 2 is 2.06 bits per heavy atom. The van der Waals surface area contributed by atoms with Crippen LogP contribution in [0.15, 0.2) is 24.3 Å². The van der Waals surface area contributed by atoms with Gasteiger partial charge in [-0.2, -0.15) is 0 Å². The van der Waals surface area contributed by atoms with Gasteiger partial charge in [-0.3, -0.25) is 0 Å². The van der Waals surface area contributed by atoms with Crippen LogP contribution in [0.4, 0.5) is 0 Å². The van der Waals surface area contributed by atoms with Crippen molar-refractivity contribution in [3.05, 3.63) is 41.0 Å². The fraction of sp³-hybridized carbons (Fsp3) is 0.417. The quantitative estimate of drug-likeness (QED) is 0.570. The largest absolute Gasteiger partial charge is 0.507 e. The number of carbonyl (C=O) groups excluding carboxylic acids is 2. The van der Waals surface area contributed by atoms with E-state index in [0.29, 0.717) is 34.3 Å². The summed E-state index contributed by atoms with van der Waals surface area (Å²) in [5, 5.41) is 11.8. The highest BCUT2D eigenvalue weighted by atomic mass is 16.7. The van der Waals surface area contributed by atoms with Crippen LogP contribution >= 0.6 is 0 Å². The number of ether oxygens (including phenoxy) is 5. The van der Waals surface area contributed by atoms with Crippen molar-refractivity contribution in [2.45, 2.75) is 44.7 Å². The number of carbonyl (C=O) groups is 2. The highest BCUT2D eigenvalue weighted by molar-refractivity contribution is 6.13. The molecule has 168 valence electrons. The maximum Gasteiger partial charge on any atom is 0.343 e. The van der Waals surface area contributed by atoms with E-state index in [2.05, 4.69) is 0 Å². The van der Waals surface area contributed by atoms with Crippen LogP contribution in [0.2, 0.25) is 0 Å². The number of rotatable bonds is 3. The lowest BCUT2D eigenvalue weighted by Gasteiger charge is -2.46. The molecule has 0 saturated carbocycles. The summed E-state index contributed by atoms with van der Waals surface area (Å²) in [4.78, 5) is 25.0. The van der Waals surface area contributed by atoms with Crippen LogP contribution < -0.4 is 9.47 Å². The number of aromatic hydroxyl groups is 1. The Morgan fingerprint density at radius 1 is 1.28 bits per heavy atom. The number of phenols is 1. The summed E-state index contributed by atoms with van der Waals surface area (Å²) in [5.74, 6) is -2.08. The Labute approximate surface area is 184 Å². The fourth-order valence-corrected chi connectivity index (χ4v) is 5.17. The molecule has 1 spiro atoms. The third-order valence-corrected chi connectivity index (χ3v) is 6.55. The maximum absolute atomic E-state index is 13.1. The molecule has 32 heavy (non-hydrogen) atoms. The summed E-state index contributed by atoms with van der Waals surface area (Å²) in [7, 11) is 2.84. The van der Waals surface area contributed by atoms with Gasteiger partial charge in [0.2, 0.25) is 5.79 Å². The lowest BCUT2D eigenvalue weighted by molar-refractivity contribution is -0.222. The summed E-state index contributed by atoms with van der Waals surface area (Å²) in [6.45, 7) is 3.78. The first kappa shape index (κ1) is 20.6. The predicted octanol–water partition coefficient (Wildman–Crippen LogP) is 3.71. The number of hydrogen-bond acceptors (Lipinski definition) is 8. The number of esters is 2. The first-order valence-corrected chi connectivity index (χ1v) is 10.5. The molecule has 0 aromatic heterocycles. The molecule has 3 aliphatic rings. The molecule has 1 N–H and O–H groups in total. The molecule has 3 heterocycles. The minimum Gasteiger partial charge on any atom is -0.507 e. The summed E-state index contributed by atoms with van der Waals surface area (Å²) < 4.78 is 29.0. The van der Waals surface area contributed by atoms with E-state index in [1.165, 1.54) is 19.3 Å². The molecular formula is C24H24O8. The molecule has 1 saturated heterocycles. The van der Waals surface area contributed by atoms with Crippen LogP contribution in [0.5, 0.6) is 17.2 Å². The van der Waals surface area contributed by atoms with Crippen LogP contribution in [0, 0.1) is 12.8 Å². The van der Waals surface area contributed by atoms with Crippen LogP contribution in [0.1, 0.15) is 47.4 Å². The van der Waals surface area contributed by atoms with Gasteiger partial charge in [0.1, 0.15) is 28.9 Å². The second kappa shape index (κ2) is 7.13. The van der Waals surface area contributed by atoms with Gasteiger partial charge in [0.25, 0.3) is 0 Å². The van der Waals surface area contributed by atoms with Crippen molar-refractivity contribution >= 4 is 22.7 Å². The molecule has 5 rings (SSSR count). The topological polar surface area (TPSA) is 101 Å². The Morgan fingerprint density at radius 3 is 2.72 bits per heavy atom. The lowest BCUT2D eigenvalue weighted by atomic mass is 9.78. The molecule has 8 nitrogen and oxygen atoms in total. The Balaban J connectivity index is 1.82. The van der Waals surface area contributed by atoms with E-state index in [1.807, 2.05) is 13.8 Å². The molecular weight excluding hydrogens is 416 g/mol. The van der Waals surface area contributed by atoms with Crippen molar-refractivity contribution in [3.63, 3.8) is 0 Å². The van der Waals surface area contributed by atoms with Crippen molar-refractivity contribution in [2.75, 3.05) is 14.2 Å². The van der Waals surface area contributed by atoms with E-state index >= 15 is 0 Å². The maximum atomic E-state index is 13.1. The summed E-state index contributed by atoms with van der Waals surface area (Å²) in [6, 6.07) is 3.29. The standard InChI is InChI=1S/C24H24O8/c1-11-9-14(25)19-21-18(11)15(28-3)10-16-20(21)22(30-23(19)27)13(5-6-17(26)29-4)24(32-16)8-7-12(2)31-24/h5-6,9-10,12-13,22,25H,7-8H2,1-4H3/b6-5+/t12-,13-,22+,24-/m0/s1. The first-order valence-electron chi connectivity index (χ1n) is 10.5. The molecule has 4 atom stereocenters. The van der Waals surface area contributed by atoms with Crippen molar-refractivity contribution in [1.29, 1.82) is 0 Å². The van der Waals surface area contributed by atoms with E-state index < -0.39 is 29.7 Å². The van der Waals surface area contributed by atoms with Gasteiger partial charge in [0.05, 0.1) is 26.2 Å². The third kappa shape index (κ3) is 2.79. The predicted molar refractivity (Wildman–Crippen MR) is 113 cm³/mol. The number of aryl methyl sites for hydroxylation is 1. The lowest BCUT2D eigenvalue weighted by Crippen LogP contribution is -2.50. The Kier molecular flexibility index (Phi) is 4.60. The molecule has 0 aliphatic carbocycles. The molecule has 0 amide bonds. The number of hydrogen-bond donors (Lipinski definition) is 1. The van der Waals surface area contributed by atoms with Gasteiger partial charge < -0.3 is 28.8 Å². The molecule has 2 aromatic carbocycles. The second-order valence-electron chi connectivity index (χ2n) is 8.44. The molecule has 0 bridgehead atoms. The summed E-state index contributed by atoms with van der Waals surface area (Å²) in [6.07, 6.45) is 3.36. The van der Waals surface area contributed by atoms with Gasteiger partial charge in [-0.1, -0.05) is 6.08 Å². The van der Waals surface area contributed by atoms with E-state index in [1.54, 1.807) is 19.3 Å². The SMILES string of the molecule is COC(=O)/C=C/[C@H]1[C@H]2OC(=O)c3c(O)cc(C)c4c(OC)cc(c2c34)O[C@@]12CC[C@H](C)O2. The van der Waals surface area contributed by atoms with Crippen LogP contribution in [0.3, 0.4) is 0 Å². The van der Waals surface area contributed by atoms with Gasteiger partial charge in [0.15, 0.2) is 0 Å². The number of phenolic OH excluding ortho intramolecular Hbond substituents is 1. The highest BCUT2D eigenvalue weighted by Gasteiger charge is 2.57. The van der Waals surface area contributed by atoms with Crippen LogP contribution in [-0.2, 0) is 19.0 Å². The second-order valence-corrected chi connectivity index (χ2v) is 8.44. The molecule has 2 aromatic rings. The molecule has 0 unspecified atom stereocenters. The van der Waals surface area contributed by atoms with Gasteiger partial charge >= 0.3 is 11.9 Å². The molecule has 0 radical (unpaired) electrons. The first-order chi connectivity index (χ1) is 15.3. The molecule has 8 heteroatoms. The summed E-state index contributed by atoms with van der Waals surface area (Å²) >= 11 is 0. The van der Waals surface area contributed by atoms with E-state index in [-0.39, 0.29) is 17.4 Å². The van der Waals surface area contributed by atoms with E-state index in [4.69, 9.17) is 23.7 Å². The van der Waals surface area contributed by atoms with Gasteiger partial charge in [-0.25, -0.2) is 9.59 Å². The Bertz CT molecular complexity index is 1180. The summed E-state index contributed by atoms with van der Waals surface area (Å²) in [5.41, 5.74) is 1.46. The molecule has 1 fully saturated rings. The third-order valence-electron chi connectivity index (χ3n) is 6.55. The Hall–Kier alpha value is -3.26. The van der Waals surface area contributed by atoms with Crippen molar-refractivity contribution in [2.24, 2.45) is 5.92 Å². The monoisotopic (exact) mass is 440 g/mol. The molecule has 3 aliphatic heterocycles. The normalized spacial score (nSPS) is 28.1. The average Bonchev–Trinajstić information content (AvgIpc) is 3.12. The zero-order valence-electron chi connectivity index (χ0n) is 18.3. The van der Waals surface area contributed by atoms with Crippen LogP contribution in [-0.4, -0.2) is 43.2 Å². The zero-order valence-corrected chi connectivity index (χ0v) is 18.3. The number of methoxy groups -OCH3 is 2. The van der Waals surface area contributed by atoms with E-state index in [0.717, 1.165) is 12.0 Å².